The van der Waals surface area contributed by atoms with Gasteiger partial charge in [-0.15, -0.1) is 0 Å². The average Bonchev–Trinajstić information content (AvgIpc) is 2.34. The predicted molar refractivity (Wildman–Crippen MR) is 38.3 cm³/mol. The molecule has 54 valence electrons. The van der Waals surface area contributed by atoms with E-state index in [2.05, 4.69) is 0 Å². The largest absolute Gasteiger partial charge is 0.460 e. The van der Waals surface area contributed by atoms with Crippen molar-refractivity contribution in [3.8, 4) is 0 Å². The van der Waals surface area contributed by atoms with Crippen LogP contribution in [-0.2, 0) is 0 Å². The highest BCUT2D eigenvalue weighted by Gasteiger charge is 2.06. The van der Waals surface area contributed by atoms with Gasteiger partial charge in [0.15, 0.2) is 11.5 Å². The van der Waals surface area contributed by atoms with Crippen molar-refractivity contribution in [2.45, 2.75) is 13.3 Å². The maximum Gasteiger partial charge on any atom is 0.197 e. The first-order valence-corrected chi connectivity index (χ1v) is 3.39. The van der Waals surface area contributed by atoms with E-state index < -0.39 is 0 Å². The van der Waals surface area contributed by atoms with Crippen LogP contribution in [0.4, 0.5) is 0 Å². The van der Waals surface area contributed by atoms with Crippen LogP contribution < -0.4 is 0 Å². The molecule has 3 heteroatoms. The van der Waals surface area contributed by atoms with Gasteiger partial charge in [-0.25, -0.2) is 0 Å². The van der Waals surface area contributed by atoms with E-state index in [-0.39, 0.29) is 5.78 Å². The van der Waals surface area contributed by atoms with Gasteiger partial charge in [0.1, 0.15) is 6.26 Å². The van der Waals surface area contributed by atoms with E-state index in [0.29, 0.717) is 17.2 Å². The van der Waals surface area contributed by atoms with Gasteiger partial charge in [-0.05, 0) is 0 Å². The van der Waals surface area contributed by atoms with Crippen LogP contribution in [0.5, 0.6) is 0 Å². The molecule has 0 N–H and O–H groups in total. The number of carbonyl (C=O) groups is 1. The van der Waals surface area contributed by atoms with Gasteiger partial charge in [-0.1, -0.05) is 18.5 Å². The van der Waals surface area contributed by atoms with Crippen molar-refractivity contribution in [1.29, 1.82) is 0 Å². The standard InChI is InChI=1S/C7H7ClO2/c1-2-6(9)7-3-5(8)4-10-7/h3-4H,2H2,1H3. The highest BCUT2D eigenvalue weighted by molar-refractivity contribution is 6.30. The highest BCUT2D eigenvalue weighted by atomic mass is 35.5. The summed E-state index contributed by atoms with van der Waals surface area (Å²) < 4.78 is 4.84. The van der Waals surface area contributed by atoms with Gasteiger partial charge in [0.2, 0.25) is 0 Å². The Kier molecular flexibility index (Phi) is 2.12. The number of hydrogen-bond acceptors (Lipinski definition) is 2. The molecule has 1 aromatic rings. The number of furan rings is 1. The summed E-state index contributed by atoms with van der Waals surface area (Å²) in [6, 6.07) is 1.52. The molecule has 1 aromatic heterocycles. The molecule has 2 nitrogen and oxygen atoms in total. The summed E-state index contributed by atoms with van der Waals surface area (Å²) in [6.07, 6.45) is 1.80. The summed E-state index contributed by atoms with van der Waals surface area (Å²) >= 11 is 5.52. The van der Waals surface area contributed by atoms with E-state index >= 15 is 0 Å². The lowest BCUT2D eigenvalue weighted by molar-refractivity contribution is 0.0961. The molecule has 1 rings (SSSR count). The molecule has 0 radical (unpaired) electrons. The first kappa shape index (κ1) is 7.35. The van der Waals surface area contributed by atoms with Gasteiger partial charge in [0, 0.05) is 12.5 Å². The van der Waals surface area contributed by atoms with Crippen molar-refractivity contribution >= 4 is 17.4 Å². The zero-order valence-electron chi connectivity index (χ0n) is 5.56. The molecule has 0 aliphatic carbocycles. The van der Waals surface area contributed by atoms with Crippen molar-refractivity contribution in [2.24, 2.45) is 0 Å². The Labute approximate surface area is 63.8 Å². The Balaban J connectivity index is 2.85. The number of ketones is 1. The van der Waals surface area contributed by atoms with Gasteiger partial charge in [0.25, 0.3) is 0 Å². The fraction of sp³-hybridized carbons (Fsp3) is 0.286. The third kappa shape index (κ3) is 1.39. The molecule has 0 fully saturated rings. The Hall–Kier alpha value is -0.760. The van der Waals surface area contributed by atoms with Gasteiger partial charge in [-0.2, -0.15) is 0 Å². The fourth-order valence-electron chi connectivity index (χ4n) is 0.634. The van der Waals surface area contributed by atoms with Crippen LogP contribution >= 0.6 is 11.6 Å². The minimum Gasteiger partial charge on any atom is -0.460 e. The van der Waals surface area contributed by atoms with Crippen LogP contribution in [0.15, 0.2) is 16.7 Å². The molecule has 0 aliphatic rings. The topological polar surface area (TPSA) is 30.2 Å². The summed E-state index contributed by atoms with van der Waals surface area (Å²) in [5.41, 5.74) is 0. The predicted octanol–water partition coefficient (Wildman–Crippen LogP) is 2.53. The van der Waals surface area contributed by atoms with Gasteiger partial charge in [-0.3, -0.25) is 4.79 Å². The van der Waals surface area contributed by atoms with E-state index in [1.165, 1.54) is 12.3 Å². The molecule has 0 saturated carbocycles. The second-order valence-corrected chi connectivity index (χ2v) is 2.34. The molecule has 0 unspecified atom stereocenters. The zero-order valence-corrected chi connectivity index (χ0v) is 6.31. The summed E-state index contributed by atoms with van der Waals surface area (Å²) in [4.78, 5) is 10.9. The van der Waals surface area contributed by atoms with Gasteiger partial charge >= 0.3 is 0 Å². The highest BCUT2D eigenvalue weighted by Crippen LogP contribution is 2.14. The number of carbonyl (C=O) groups excluding carboxylic acids is 1. The lowest BCUT2D eigenvalue weighted by Crippen LogP contribution is -1.91. The van der Waals surface area contributed by atoms with E-state index in [1.807, 2.05) is 0 Å². The molecule has 0 saturated heterocycles. The summed E-state index contributed by atoms with van der Waals surface area (Å²) in [6.45, 7) is 1.78. The second-order valence-electron chi connectivity index (χ2n) is 1.91. The van der Waals surface area contributed by atoms with Crippen LogP contribution in [0, 0.1) is 0 Å². The summed E-state index contributed by atoms with van der Waals surface area (Å²) in [5.74, 6) is 0.319. The van der Waals surface area contributed by atoms with Crippen LogP contribution in [-0.4, -0.2) is 5.78 Å². The molecular formula is C7H7ClO2. The monoisotopic (exact) mass is 158 g/mol. The molecule has 0 amide bonds. The quantitative estimate of drug-likeness (QED) is 0.620. The first-order valence-electron chi connectivity index (χ1n) is 3.01. The van der Waals surface area contributed by atoms with Crippen LogP contribution in [0.2, 0.25) is 5.02 Å². The van der Waals surface area contributed by atoms with Crippen molar-refractivity contribution < 1.29 is 9.21 Å². The Bertz CT molecular complexity index is 240. The maximum absolute atomic E-state index is 10.9. The summed E-state index contributed by atoms with van der Waals surface area (Å²) in [7, 11) is 0. The Morgan fingerprint density at radius 1 is 1.80 bits per heavy atom. The van der Waals surface area contributed by atoms with Crippen LogP contribution in [0.3, 0.4) is 0 Å². The van der Waals surface area contributed by atoms with E-state index in [4.69, 9.17) is 16.0 Å². The van der Waals surface area contributed by atoms with Crippen LogP contribution in [0.1, 0.15) is 23.9 Å². The van der Waals surface area contributed by atoms with E-state index in [0.717, 1.165) is 0 Å². The van der Waals surface area contributed by atoms with Gasteiger partial charge in [0.05, 0.1) is 5.02 Å². The van der Waals surface area contributed by atoms with Crippen LogP contribution in [0.25, 0.3) is 0 Å². The normalized spacial score (nSPS) is 9.80. The minimum atomic E-state index is -0.0214. The average molecular weight is 159 g/mol. The molecular weight excluding hydrogens is 152 g/mol. The second kappa shape index (κ2) is 2.88. The molecule has 0 spiro atoms. The summed E-state index contributed by atoms with van der Waals surface area (Å²) in [5, 5.41) is 0.469. The molecule has 0 aliphatic heterocycles. The van der Waals surface area contributed by atoms with Crippen molar-refractivity contribution in [3.63, 3.8) is 0 Å². The van der Waals surface area contributed by atoms with Crippen molar-refractivity contribution in [3.05, 3.63) is 23.1 Å². The maximum atomic E-state index is 10.9. The molecule has 0 atom stereocenters. The molecule has 0 aromatic carbocycles. The SMILES string of the molecule is CCC(=O)c1cc(Cl)co1. The smallest absolute Gasteiger partial charge is 0.197 e. The van der Waals surface area contributed by atoms with Crippen molar-refractivity contribution in [2.75, 3.05) is 0 Å². The Morgan fingerprint density at radius 3 is 2.90 bits per heavy atom. The lowest BCUT2D eigenvalue weighted by Gasteiger charge is -1.86. The molecule has 1 heterocycles. The Morgan fingerprint density at radius 2 is 2.50 bits per heavy atom. The number of rotatable bonds is 2. The minimum absolute atomic E-state index is 0.0214. The van der Waals surface area contributed by atoms with E-state index in [9.17, 15) is 4.79 Å². The molecule has 10 heavy (non-hydrogen) atoms. The number of hydrogen-bond donors (Lipinski definition) is 0. The third-order valence-corrected chi connectivity index (χ3v) is 1.36. The molecule has 0 bridgehead atoms. The number of halogens is 1. The lowest BCUT2D eigenvalue weighted by atomic mass is 10.2. The number of Topliss-reactive ketones (excluding diaryl/α,β-unsaturated/α-hetero) is 1. The fourth-order valence-corrected chi connectivity index (χ4v) is 0.777. The third-order valence-electron chi connectivity index (χ3n) is 1.16. The first-order chi connectivity index (χ1) is 4.74. The van der Waals surface area contributed by atoms with Crippen molar-refractivity contribution in [1.82, 2.24) is 0 Å². The van der Waals surface area contributed by atoms with Gasteiger partial charge < -0.3 is 4.42 Å². The van der Waals surface area contributed by atoms with E-state index in [1.54, 1.807) is 6.92 Å². The zero-order chi connectivity index (χ0) is 7.56.